The van der Waals surface area contributed by atoms with Crippen LogP contribution in [-0.2, 0) is 4.79 Å². The normalized spacial score (nSPS) is 9.81. The summed E-state index contributed by atoms with van der Waals surface area (Å²) in [7, 11) is 0. The van der Waals surface area contributed by atoms with E-state index in [9.17, 15) is 9.59 Å². The minimum atomic E-state index is -0.983. The van der Waals surface area contributed by atoms with E-state index >= 15 is 0 Å². The van der Waals surface area contributed by atoms with E-state index in [1.165, 1.54) is 30.8 Å². The predicted molar refractivity (Wildman–Crippen MR) is 62.0 cm³/mol. The highest BCUT2D eigenvalue weighted by atomic mass is 32.2. The maximum Gasteiger partial charge on any atom is 0.335 e. The van der Waals surface area contributed by atoms with Crippen molar-refractivity contribution in [3.63, 3.8) is 0 Å². The summed E-state index contributed by atoms with van der Waals surface area (Å²) in [5.74, 6) is 0.0831. The molecule has 0 unspecified atom stereocenters. The van der Waals surface area contributed by atoms with E-state index in [0.29, 0.717) is 18.1 Å². The van der Waals surface area contributed by atoms with Gasteiger partial charge in [0.25, 0.3) is 0 Å². The molecular formula is C11H12O4S. The van der Waals surface area contributed by atoms with Crippen LogP contribution < -0.4 is 4.74 Å². The summed E-state index contributed by atoms with van der Waals surface area (Å²) in [5.41, 5.74) is 0.191. The molecule has 5 heteroatoms. The summed E-state index contributed by atoms with van der Waals surface area (Å²) in [5, 5.41) is 8.79. The molecular weight excluding hydrogens is 228 g/mol. The highest BCUT2D eigenvalue weighted by molar-refractivity contribution is 8.13. The van der Waals surface area contributed by atoms with E-state index in [1.807, 2.05) is 0 Å². The van der Waals surface area contributed by atoms with Gasteiger partial charge in [0.1, 0.15) is 5.75 Å². The summed E-state index contributed by atoms with van der Waals surface area (Å²) in [6.07, 6.45) is 0. The lowest BCUT2D eigenvalue weighted by Gasteiger charge is -2.05. The van der Waals surface area contributed by atoms with Crippen LogP contribution in [0.15, 0.2) is 24.3 Å². The minimum Gasteiger partial charge on any atom is -0.493 e. The smallest absolute Gasteiger partial charge is 0.335 e. The lowest BCUT2D eigenvalue weighted by Crippen LogP contribution is -2.03. The van der Waals surface area contributed by atoms with Crippen LogP contribution in [0.1, 0.15) is 17.3 Å². The first-order valence-electron chi connectivity index (χ1n) is 4.69. The fourth-order valence-electron chi connectivity index (χ4n) is 1.06. The van der Waals surface area contributed by atoms with Gasteiger partial charge in [-0.1, -0.05) is 17.8 Å². The van der Waals surface area contributed by atoms with Gasteiger partial charge in [-0.3, -0.25) is 4.79 Å². The van der Waals surface area contributed by atoms with Crippen molar-refractivity contribution in [1.29, 1.82) is 0 Å². The van der Waals surface area contributed by atoms with Gasteiger partial charge < -0.3 is 9.84 Å². The van der Waals surface area contributed by atoms with Gasteiger partial charge in [0.2, 0.25) is 0 Å². The molecule has 4 nitrogen and oxygen atoms in total. The van der Waals surface area contributed by atoms with Crippen LogP contribution in [0.2, 0.25) is 0 Å². The van der Waals surface area contributed by atoms with Gasteiger partial charge in [-0.05, 0) is 18.2 Å². The molecule has 0 radical (unpaired) electrons. The third-order valence-electron chi connectivity index (χ3n) is 1.74. The van der Waals surface area contributed by atoms with Gasteiger partial charge in [-0.15, -0.1) is 0 Å². The number of benzene rings is 1. The molecule has 0 bridgehead atoms. The monoisotopic (exact) mass is 240 g/mol. The number of carboxylic acids is 1. The van der Waals surface area contributed by atoms with Crippen molar-refractivity contribution in [1.82, 2.24) is 0 Å². The number of hydrogen-bond acceptors (Lipinski definition) is 4. The van der Waals surface area contributed by atoms with Crippen molar-refractivity contribution in [3.05, 3.63) is 29.8 Å². The van der Waals surface area contributed by atoms with Crippen molar-refractivity contribution >= 4 is 22.8 Å². The van der Waals surface area contributed by atoms with E-state index in [4.69, 9.17) is 9.84 Å². The zero-order valence-corrected chi connectivity index (χ0v) is 9.62. The van der Waals surface area contributed by atoms with Gasteiger partial charge >= 0.3 is 5.97 Å². The summed E-state index contributed by atoms with van der Waals surface area (Å²) in [6, 6.07) is 6.27. The highest BCUT2D eigenvalue weighted by Gasteiger charge is 2.03. The van der Waals surface area contributed by atoms with Crippen molar-refractivity contribution in [2.45, 2.75) is 6.92 Å². The van der Waals surface area contributed by atoms with Crippen molar-refractivity contribution in [3.8, 4) is 5.75 Å². The molecule has 0 fully saturated rings. The van der Waals surface area contributed by atoms with Gasteiger partial charge in [0, 0.05) is 12.7 Å². The Morgan fingerprint density at radius 1 is 1.44 bits per heavy atom. The molecule has 0 saturated heterocycles. The molecule has 0 heterocycles. The number of ether oxygens (including phenoxy) is 1. The largest absolute Gasteiger partial charge is 0.493 e. The van der Waals surface area contributed by atoms with Crippen LogP contribution in [0.4, 0.5) is 0 Å². The average Bonchev–Trinajstić information content (AvgIpc) is 2.24. The first-order valence-corrected chi connectivity index (χ1v) is 5.67. The Balaban J connectivity index is 2.45. The number of carboxylic acid groups (broad SMARTS) is 1. The maximum absolute atomic E-state index is 10.7. The fourth-order valence-corrected chi connectivity index (χ4v) is 1.52. The molecule has 0 aliphatic heterocycles. The number of thioether (sulfide) groups is 1. The number of carbonyl (C=O) groups is 2. The molecule has 0 spiro atoms. The lowest BCUT2D eigenvalue weighted by molar-refractivity contribution is -0.109. The predicted octanol–water partition coefficient (Wildman–Crippen LogP) is 2.04. The Morgan fingerprint density at radius 2 is 2.19 bits per heavy atom. The lowest BCUT2D eigenvalue weighted by atomic mass is 10.2. The third kappa shape index (κ3) is 4.35. The maximum atomic E-state index is 10.7. The van der Waals surface area contributed by atoms with Crippen LogP contribution in [0.25, 0.3) is 0 Å². The van der Waals surface area contributed by atoms with Crippen molar-refractivity contribution in [2.24, 2.45) is 0 Å². The topological polar surface area (TPSA) is 63.6 Å². The quantitative estimate of drug-likeness (QED) is 0.798. The fraction of sp³-hybridized carbons (Fsp3) is 0.273. The van der Waals surface area contributed by atoms with Crippen molar-refractivity contribution in [2.75, 3.05) is 12.4 Å². The second-order valence-corrected chi connectivity index (χ2v) is 4.29. The summed E-state index contributed by atoms with van der Waals surface area (Å²) < 4.78 is 5.31. The molecule has 0 saturated carbocycles. The first-order chi connectivity index (χ1) is 7.59. The number of hydrogen-bond donors (Lipinski definition) is 1. The average molecular weight is 240 g/mol. The summed E-state index contributed by atoms with van der Waals surface area (Å²) >= 11 is 1.18. The van der Waals surface area contributed by atoms with Crippen LogP contribution in [0, 0.1) is 0 Å². The third-order valence-corrected chi connectivity index (χ3v) is 2.52. The Kier molecular flexibility index (Phi) is 4.85. The number of aromatic carboxylic acids is 1. The van der Waals surface area contributed by atoms with E-state index in [1.54, 1.807) is 12.1 Å². The molecule has 86 valence electrons. The zero-order valence-electron chi connectivity index (χ0n) is 8.80. The van der Waals surface area contributed by atoms with Gasteiger partial charge in [0.15, 0.2) is 5.12 Å². The molecule has 0 amide bonds. The van der Waals surface area contributed by atoms with E-state index < -0.39 is 5.97 Å². The molecule has 1 rings (SSSR count). The van der Waals surface area contributed by atoms with Crippen LogP contribution in [0.5, 0.6) is 5.75 Å². The second kappa shape index (κ2) is 6.17. The highest BCUT2D eigenvalue weighted by Crippen LogP contribution is 2.13. The molecule has 1 aromatic rings. The van der Waals surface area contributed by atoms with Crippen molar-refractivity contribution < 1.29 is 19.4 Å². The Hall–Kier alpha value is -1.49. The Morgan fingerprint density at radius 3 is 2.81 bits per heavy atom. The molecule has 0 aliphatic rings. The molecule has 0 aromatic heterocycles. The summed E-state index contributed by atoms with van der Waals surface area (Å²) in [4.78, 5) is 21.3. The SMILES string of the molecule is CC(=O)SCCOc1cccc(C(=O)O)c1. The van der Waals surface area contributed by atoms with Gasteiger partial charge in [-0.2, -0.15) is 0 Å². The number of carbonyl (C=O) groups excluding carboxylic acids is 1. The van der Waals surface area contributed by atoms with Gasteiger partial charge in [0.05, 0.1) is 12.2 Å². The zero-order chi connectivity index (χ0) is 12.0. The number of rotatable bonds is 5. The van der Waals surface area contributed by atoms with E-state index in [2.05, 4.69) is 0 Å². The van der Waals surface area contributed by atoms with E-state index in [0.717, 1.165) is 0 Å². The minimum absolute atomic E-state index is 0.0443. The van der Waals surface area contributed by atoms with Crippen LogP contribution in [-0.4, -0.2) is 28.6 Å². The molecule has 16 heavy (non-hydrogen) atoms. The molecule has 1 aromatic carbocycles. The Bertz CT molecular complexity index is 389. The Labute approximate surface area is 97.6 Å². The first kappa shape index (κ1) is 12.6. The molecule has 1 N–H and O–H groups in total. The summed E-state index contributed by atoms with van der Waals surface area (Å²) in [6.45, 7) is 1.88. The second-order valence-electron chi connectivity index (χ2n) is 3.02. The standard InChI is InChI=1S/C11H12O4S/c1-8(12)16-6-5-15-10-4-2-3-9(7-10)11(13)14/h2-4,7H,5-6H2,1H3,(H,13,14). The van der Waals surface area contributed by atoms with Crippen LogP contribution in [0.3, 0.4) is 0 Å². The van der Waals surface area contributed by atoms with E-state index in [-0.39, 0.29) is 10.7 Å². The van der Waals surface area contributed by atoms with Crippen LogP contribution >= 0.6 is 11.8 Å². The van der Waals surface area contributed by atoms with Gasteiger partial charge in [-0.25, -0.2) is 4.79 Å². The molecule has 0 aliphatic carbocycles. The molecule has 0 atom stereocenters.